The van der Waals surface area contributed by atoms with Gasteiger partial charge in [0.1, 0.15) is 0 Å². The second-order valence-electron chi connectivity index (χ2n) is 18.6. The van der Waals surface area contributed by atoms with Crippen molar-refractivity contribution in [2.75, 3.05) is 6.61 Å². The van der Waals surface area contributed by atoms with Crippen molar-refractivity contribution in [3.05, 3.63) is 122 Å². The molecule has 0 heterocycles. The lowest BCUT2D eigenvalue weighted by Crippen LogP contribution is -2.45. The zero-order valence-electron chi connectivity index (χ0n) is 43.9. The number of aliphatic hydroxyl groups excluding tert-OH is 2. The third-order valence-corrected chi connectivity index (χ3v) is 12.2. The van der Waals surface area contributed by atoms with E-state index in [1.54, 1.807) is 6.08 Å². The maximum Gasteiger partial charge on any atom is 0.220 e. The highest BCUT2D eigenvalue weighted by Crippen LogP contribution is 2.16. The monoisotopic (exact) mass is 926 g/mol. The van der Waals surface area contributed by atoms with E-state index in [9.17, 15) is 15.0 Å². The maximum atomic E-state index is 12.5. The van der Waals surface area contributed by atoms with Crippen LogP contribution in [-0.2, 0) is 4.79 Å². The molecule has 0 radical (unpaired) electrons. The number of nitrogens with one attached hydrogen (secondary N) is 1. The number of rotatable bonds is 50. The summed E-state index contributed by atoms with van der Waals surface area (Å²) in [6, 6.07) is -0.643. The van der Waals surface area contributed by atoms with Gasteiger partial charge in [0.05, 0.1) is 18.8 Å². The van der Waals surface area contributed by atoms with Crippen molar-refractivity contribution in [2.45, 2.75) is 264 Å². The molecule has 0 aliphatic heterocycles. The van der Waals surface area contributed by atoms with Crippen molar-refractivity contribution < 1.29 is 15.0 Å². The van der Waals surface area contributed by atoms with E-state index in [1.165, 1.54) is 135 Å². The minimum atomic E-state index is -0.857. The molecule has 0 aliphatic rings. The van der Waals surface area contributed by atoms with Gasteiger partial charge in [-0.25, -0.2) is 0 Å². The lowest BCUT2D eigenvalue weighted by Gasteiger charge is -2.20. The molecule has 0 bridgehead atoms. The molecule has 0 aromatic heterocycles. The number of hydrogen-bond acceptors (Lipinski definition) is 3. The molecular formula is C63H107NO3. The number of amides is 1. The molecule has 0 aromatic rings. The van der Waals surface area contributed by atoms with Crippen molar-refractivity contribution >= 4 is 5.91 Å². The topological polar surface area (TPSA) is 69.6 Å². The molecule has 2 unspecified atom stereocenters. The van der Waals surface area contributed by atoms with Gasteiger partial charge in [0.15, 0.2) is 0 Å². The Labute approximate surface area is 416 Å². The highest BCUT2D eigenvalue weighted by Gasteiger charge is 2.18. The summed E-state index contributed by atoms with van der Waals surface area (Å²) in [6.45, 7) is 4.19. The van der Waals surface area contributed by atoms with E-state index in [-0.39, 0.29) is 12.5 Å². The van der Waals surface area contributed by atoms with Crippen LogP contribution in [0.5, 0.6) is 0 Å². The molecule has 3 N–H and O–H groups in total. The molecule has 4 nitrogen and oxygen atoms in total. The third kappa shape index (κ3) is 53.6. The van der Waals surface area contributed by atoms with Crippen LogP contribution in [0.25, 0.3) is 0 Å². The Kier molecular flexibility index (Phi) is 54.4. The minimum absolute atomic E-state index is 0.0862. The summed E-state index contributed by atoms with van der Waals surface area (Å²) in [5.41, 5.74) is 0. The van der Waals surface area contributed by atoms with Gasteiger partial charge in [0, 0.05) is 6.42 Å². The summed E-state index contributed by atoms with van der Waals surface area (Å²) >= 11 is 0. The molecule has 0 aromatic carbocycles. The van der Waals surface area contributed by atoms with Crippen LogP contribution in [0.4, 0.5) is 0 Å². The zero-order chi connectivity index (χ0) is 48.5. The Morgan fingerprint density at radius 2 is 0.657 bits per heavy atom. The van der Waals surface area contributed by atoms with E-state index in [4.69, 9.17) is 0 Å². The first-order valence-corrected chi connectivity index (χ1v) is 28.2. The van der Waals surface area contributed by atoms with Crippen LogP contribution < -0.4 is 5.32 Å². The number of unbranched alkanes of at least 4 members (excludes halogenated alkanes) is 25. The summed E-state index contributed by atoms with van der Waals surface area (Å²) in [5.74, 6) is -0.0862. The van der Waals surface area contributed by atoms with Crippen LogP contribution in [-0.4, -0.2) is 34.9 Å². The number of allylic oxidation sites excluding steroid dienone is 19. The average molecular weight is 927 g/mol. The quantitative estimate of drug-likeness (QED) is 0.0421. The zero-order valence-corrected chi connectivity index (χ0v) is 43.9. The third-order valence-electron chi connectivity index (χ3n) is 12.2. The smallest absolute Gasteiger partial charge is 0.220 e. The minimum Gasteiger partial charge on any atom is -0.394 e. The van der Waals surface area contributed by atoms with E-state index in [0.29, 0.717) is 6.42 Å². The number of aliphatic hydroxyl groups is 2. The van der Waals surface area contributed by atoms with Gasteiger partial charge in [-0.05, 0) is 89.9 Å². The van der Waals surface area contributed by atoms with Crippen LogP contribution in [0.15, 0.2) is 122 Å². The summed E-state index contributed by atoms with van der Waals surface area (Å²) in [6.07, 6.45) is 87.7. The normalized spacial score (nSPS) is 13.8. The number of hydrogen-bond donors (Lipinski definition) is 3. The predicted octanol–water partition coefficient (Wildman–Crippen LogP) is 18.9. The first kappa shape index (κ1) is 63.8. The van der Waals surface area contributed by atoms with E-state index >= 15 is 0 Å². The highest BCUT2D eigenvalue weighted by molar-refractivity contribution is 5.76. The highest BCUT2D eigenvalue weighted by atomic mass is 16.3. The molecule has 0 rings (SSSR count). The Morgan fingerprint density at radius 1 is 0.373 bits per heavy atom. The molecule has 0 saturated heterocycles. The molecule has 382 valence electrons. The maximum absolute atomic E-state index is 12.5. The second kappa shape index (κ2) is 57.1. The van der Waals surface area contributed by atoms with Gasteiger partial charge in [-0.1, -0.05) is 277 Å². The van der Waals surface area contributed by atoms with Crippen molar-refractivity contribution in [2.24, 2.45) is 0 Å². The van der Waals surface area contributed by atoms with Crippen LogP contribution >= 0.6 is 0 Å². The van der Waals surface area contributed by atoms with Gasteiger partial charge >= 0.3 is 0 Å². The van der Waals surface area contributed by atoms with E-state index in [0.717, 1.165) is 96.3 Å². The predicted molar refractivity (Wildman–Crippen MR) is 299 cm³/mol. The van der Waals surface area contributed by atoms with E-state index in [2.05, 4.69) is 129 Å². The average Bonchev–Trinajstić information content (AvgIpc) is 3.33. The standard InChI is InChI=1S/C63H107NO3/c1-3-5-7-9-11-13-15-17-19-21-23-25-27-28-29-30-31-32-33-34-35-36-37-39-41-43-45-47-49-51-53-55-57-59-63(67)64-61(60-65)62(66)58-56-54-52-50-48-46-44-42-40-38-26-24-22-20-18-16-14-12-10-8-6-4-2/h5,7,11,13,17,19,23,25,28-29,31-32,34-35,37,39,43,45,56,58,61-62,65-66H,3-4,6,8-10,12,14-16,18,20-22,24,26-27,30,33,36,38,40-42,44,46-55,57,59-60H2,1-2H3,(H,64,67)/b7-5-,13-11-,19-17-,25-23-,29-28-,32-31-,35-34-,39-37-,45-43-,58-56+. The van der Waals surface area contributed by atoms with E-state index in [1.807, 2.05) is 6.08 Å². The number of carbonyl (C=O) groups is 1. The molecule has 0 spiro atoms. The van der Waals surface area contributed by atoms with Crippen LogP contribution in [0.3, 0.4) is 0 Å². The first-order chi connectivity index (χ1) is 33.2. The van der Waals surface area contributed by atoms with Crippen molar-refractivity contribution in [3.8, 4) is 0 Å². The van der Waals surface area contributed by atoms with Gasteiger partial charge < -0.3 is 15.5 Å². The van der Waals surface area contributed by atoms with Crippen molar-refractivity contribution in [3.63, 3.8) is 0 Å². The molecule has 0 saturated carbocycles. The Hall–Kier alpha value is -3.21. The van der Waals surface area contributed by atoms with Gasteiger partial charge in [-0.3, -0.25) is 4.79 Å². The lowest BCUT2D eigenvalue weighted by molar-refractivity contribution is -0.123. The van der Waals surface area contributed by atoms with E-state index < -0.39 is 12.1 Å². The summed E-state index contributed by atoms with van der Waals surface area (Å²) in [5, 5.41) is 23.2. The molecule has 0 aliphatic carbocycles. The first-order valence-electron chi connectivity index (χ1n) is 28.2. The lowest BCUT2D eigenvalue weighted by atomic mass is 10.0. The summed E-state index contributed by atoms with van der Waals surface area (Å²) in [4.78, 5) is 12.5. The fraction of sp³-hybridized carbons (Fsp3) is 0.667. The van der Waals surface area contributed by atoms with Gasteiger partial charge in [0.2, 0.25) is 5.91 Å². The second-order valence-corrected chi connectivity index (χ2v) is 18.6. The Balaban J connectivity index is 3.65. The molecule has 67 heavy (non-hydrogen) atoms. The molecule has 1 amide bonds. The summed E-state index contributed by atoms with van der Waals surface area (Å²) in [7, 11) is 0. The van der Waals surface area contributed by atoms with Gasteiger partial charge in [-0.15, -0.1) is 0 Å². The van der Waals surface area contributed by atoms with Crippen molar-refractivity contribution in [1.29, 1.82) is 0 Å². The molecule has 4 heteroatoms. The SMILES string of the molecule is CC/C=C\C/C=C\C/C=C\C/C=C\C/C=C\C/C=C\C/C=C\C/C=C\C/C=C\CCCCCCCC(=O)NC(CO)C(O)/C=C/CCCCCCCCCCCCCCCCCCCCCC. The Bertz CT molecular complexity index is 1330. The van der Waals surface area contributed by atoms with Gasteiger partial charge in [0.25, 0.3) is 0 Å². The summed E-state index contributed by atoms with van der Waals surface area (Å²) < 4.78 is 0. The van der Waals surface area contributed by atoms with Crippen molar-refractivity contribution in [1.82, 2.24) is 5.32 Å². The van der Waals surface area contributed by atoms with Crippen LogP contribution in [0.2, 0.25) is 0 Å². The fourth-order valence-corrected chi connectivity index (χ4v) is 7.94. The van der Waals surface area contributed by atoms with Crippen LogP contribution in [0.1, 0.15) is 251 Å². The molecule has 2 atom stereocenters. The molecule has 0 fully saturated rings. The number of carbonyl (C=O) groups excluding carboxylic acids is 1. The largest absolute Gasteiger partial charge is 0.394 e. The van der Waals surface area contributed by atoms with Crippen LogP contribution in [0, 0.1) is 0 Å². The van der Waals surface area contributed by atoms with Gasteiger partial charge in [-0.2, -0.15) is 0 Å². The molecular weight excluding hydrogens is 819 g/mol. The Morgan fingerprint density at radius 3 is 0.985 bits per heavy atom. The fourth-order valence-electron chi connectivity index (χ4n) is 7.94.